The Balaban J connectivity index is 1.82. The van der Waals surface area contributed by atoms with E-state index in [0.717, 1.165) is 29.9 Å². The number of amides is 1. The lowest BCUT2D eigenvalue weighted by Crippen LogP contribution is -2.26. The standard InChI is InChI=1S/C20H26N4O/c1-4-24(5-2)18-12-10-17(11-13-18)14-22-23-20(25)15-21-19-9-7-6-8-16(19)3/h6-14,21H,4-5,15H2,1-3H3,(H,23,25)/b22-14+. The Bertz CT molecular complexity index is 706. The summed E-state index contributed by atoms with van der Waals surface area (Å²) in [5.74, 6) is -0.181. The maximum Gasteiger partial charge on any atom is 0.259 e. The Morgan fingerprint density at radius 2 is 1.76 bits per heavy atom. The number of aryl methyl sites for hydroxylation is 1. The van der Waals surface area contributed by atoms with Crippen molar-refractivity contribution in [2.24, 2.45) is 5.10 Å². The quantitative estimate of drug-likeness (QED) is 0.573. The molecule has 5 nitrogen and oxygen atoms in total. The number of benzene rings is 2. The normalized spacial score (nSPS) is 10.7. The molecule has 0 saturated heterocycles. The lowest BCUT2D eigenvalue weighted by molar-refractivity contribution is -0.119. The van der Waals surface area contributed by atoms with Gasteiger partial charge in [0.1, 0.15) is 0 Å². The largest absolute Gasteiger partial charge is 0.376 e. The van der Waals surface area contributed by atoms with Crippen LogP contribution in [0, 0.1) is 6.92 Å². The van der Waals surface area contributed by atoms with Crippen molar-refractivity contribution in [1.82, 2.24) is 5.43 Å². The molecule has 132 valence electrons. The summed E-state index contributed by atoms with van der Waals surface area (Å²) in [5.41, 5.74) is 6.73. The number of hydrogen-bond donors (Lipinski definition) is 2. The number of nitrogens with zero attached hydrogens (tertiary/aromatic N) is 2. The fourth-order valence-electron chi connectivity index (χ4n) is 2.53. The van der Waals surface area contributed by atoms with Gasteiger partial charge in [-0.3, -0.25) is 4.79 Å². The minimum absolute atomic E-state index is 0.181. The third kappa shape index (κ3) is 5.64. The highest BCUT2D eigenvalue weighted by molar-refractivity contribution is 5.84. The molecule has 0 unspecified atom stereocenters. The van der Waals surface area contributed by atoms with Gasteiger partial charge in [-0.1, -0.05) is 30.3 Å². The molecule has 0 aliphatic heterocycles. The van der Waals surface area contributed by atoms with E-state index >= 15 is 0 Å². The molecular formula is C20H26N4O. The van der Waals surface area contributed by atoms with Crippen LogP contribution in [0.25, 0.3) is 0 Å². The second-order valence-electron chi connectivity index (χ2n) is 5.73. The van der Waals surface area contributed by atoms with Crippen molar-refractivity contribution in [3.8, 4) is 0 Å². The number of rotatable bonds is 8. The molecular weight excluding hydrogens is 312 g/mol. The van der Waals surface area contributed by atoms with Crippen molar-refractivity contribution < 1.29 is 4.79 Å². The van der Waals surface area contributed by atoms with E-state index in [-0.39, 0.29) is 12.5 Å². The van der Waals surface area contributed by atoms with Crippen LogP contribution in [0.5, 0.6) is 0 Å². The molecule has 0 spiro atoms. The molecule has 0 heterocycles. The molecule has 0 aliphatic carbocycles. The van der Waals surface area contributed by atoms with Gasteiger partial charge in [-0.2, -0.15) is 5.10 Å². The monoisotopic (exact) mass is 338 g/mol. The van der Waals surface area contributed by atoms with Gasteiger partial charge in [0.05, 0.1) is 12.8 Å². The van der Waals surface area contributed by atoms with E-state index in [0.29, 0.717) is 0 Å². The fraction of sp³-hybridized carbons (Fsp3) is 0.300. The average Bonchev–Trinajstić information content (AvgIpc) is 2.63. The molecule has 1 amide bonds. The van der Waals surface area contributed by atoms with Crippen molar-refractivity contribution >= 4 is 23.5 Å². The predicted octanol–water partition coefficient (Wildman–Crippen LogP) is 3.40. The summed E-state index contributed by atoms with van der Waals surface area (Å²) in [6.07, 6.45) is 1.65. The summed E-state index contributed by atoms with van der Waals surface area (Å²) in [5, 5.41) is 7.12. The molecule has 0 saturated carbocycles. The summed E-state index contributed by atoms with van der Waals surface area (Å²) in [7, 11) is 0. The van der Waals surface area contributed by atoms with E-state index in [1.54, 1.807) is 6.21 Å². The van der Waals surface area contributed by atoms with E-state index in [9.17, 15) is 4.79 Å². The van der Waals surface area contributed by atoms with Gasteiger partial charge in [-0.05, 0) is 50.1 Å². The van der Waals surface area contributed by atoms with Crippen LogP contribution in [0.1, 0.15) is 25.0 Å². The topological polar surface area (TPSA) is 56.7 Å². The molecule has 0 aromatic heterocycles. The average molecular weight is 338 g/mol. The van der Waals surface area contributed by atoms with Crippen LogP contribution in [0.4, 0.5) is 11.4 Å². The number of nitrogens with one attached hydrogen (secondary N) is 2. The number of hydrogen-bond acceptors (Lipinski definition) is 4. The van der Waals surface area contributed by atoms with Crippen molar-refractivity contribution in [3.63, 3.8) is 0 Å². The Morgan fingerprint density at radius 3 is 2.40 bits per heavy atom. The van der Waals surface area contributed by atoms with Gasteiger partial charge in [0.25, 0.3) is 5.91 Å². The second-order valence-corrected chi connectivity index (χ2v) is 5.73. The van der Waals surface area contributed by atoms with Crippen LogP contribution < -0.4 is 15.6 Å². The first-order chi connectivity index (χ1) is 12.1. The van der Waals surface area contributed by atoms with Crippen LogP contribution in [0.2, 0.25) is 0 Å². The Morgan fingerprint density at radius 1 is 1.08 bits per heavy atom. The zero-order chi connectivity index (χ0) is 18.1. The Labute approximate surface area is 149 Å². The molecule has 2 rings (SSSR count). The van der Waals surface area contributed by atoms with Crippen LogP contribution in [-0.2, 0) is 4.79 Å². The second kappa shape index (κ2) is 9.47. The van der Waals surface area contributed by atoms with Crippen LogP contribution in [-0.4, -0.2) is 31.8 Å². The molecule has 25 heavy (non-hydrogen) atoms. The first kappa shape index (κ1) is 18.5. The smallest absolute Gasteiger partial charge is 0.259 e. The third-order valence-electron chi connectivity index (χ3n) is 4.01. The minimum atomic E-state index is -0.181. The van der Waals surface area contributed by atoms with Crippen LogP contribution in [0.15, 0.2) is 53.6 Å². The highest BCUT2D eigenvalue weighted by atomic mass is 16.2. The van der Waals surface area contributed by atoms with Crippen molar-refractivity contribution in [1.29, 1.82) is 0 Å². The van der Waals surface area contributed by atoms with Crippen molar-refractivity contribution in [2.45, 2.75) is 20.8 Å². The lowest BCUT2D eigenvalue weighted by Gasteiger charge is -2.20. The predicted molar refractivity (Wildman–Crippen MR) is 105 cm³/mol. The van der Waals surface area contributed by atoms with E-state index < -0.39 is 0 Å². The molecule has 0 radical (unpaired) electrons. The molecule has 0 bridgehead atoms. The van der Waals surface area contributed by atoms with Crippen LogP contribution >= 0.6 is 0 Å². The molecule has 5 heteroatoms. The molecule has 0 atom stereocenters. The highest BCUT2D eigenvalue weighted by Crippen LogP contribution is 2.14. The van der Waals surface area contributed by atoms with Crippen molar-refractivity contribution in [3.05, 3.63) is 59.7 Å². The zero-order valence-corrected chi connectivity index (χ0v) is 15.1. The van der Waals surface area contributed by atoms with E-state index in [2.05, 4.69) is 46.7 Å². The highest BCUT2D eigenvalue weighted by Gasteiger charge is 2.02. The lowest BCUT2D eigenvalue weighted by atomic mass is 10.2. The molecule has 0 aliphatic rings. The summed E-state index contributed by atoms with van der Waals surface area (Å²) in [6, 6.07) is 16.0. The van der Waals surface area contributed by atoms with E-state index in [4.69, 9.17) is 0 Å². The first-order valence-corrected chi connectivity index (χ1v) is 8.60. The maximum atomic E-state index is 11.8. The SMILES string of the molecule is CCN(CC)c1ccc(/C=N/NC(=O)CNc2ccccc2C)cc1. The number of anilines is 2. The first-order valence-electron chi connectivity index (χ1n) is 8.60. The molecule has 2 aromatic carbocycles. The Kier molecular flexibility index (Phi) is 7.01. The van der Waals surface area contributed by atoms with Gasteiger partial charge in [0, 0.05) is 24.5 Å². The maximum absolute atomic E-state index is 11.8. The Hall–Kier alpha value is -2.82. The number of carbonyl (C=O) groups is 1. The fourth-order valence-corrected chi connectivity index (χ4v) is 2.53. The van der Waals surface area contributed by atoms with Gasteiger partial charge in [0.2, 0.25) is 0 Å². The summed E-state index contributed by atoms with van der Waals surface area (Å²) in [6.45, 7) is 8.42. The summed E-state index contributed by atoms with van der Waals surface area (Å²) >= 11 is 0. The van der Waals surface area contributed by atoms with E-state index in [1.165, 1.54) is 5.69 Å². The molecule has 2 aromatic rings. The van der Waals surface area contributed by atoms with Crippen molar-refractivity contribution in [2.75, 3.05) is 29.9 Å². The number of carbonyl (C=O) groups excluding carboxylic acids is 1. The molecule has 0 fully saturated rings. The molecule has 2 N–H and O–H groups in total. The van der Waals surface area contributed by atoms with Gasteiger partial charge in [-0.25, -0.2) is 5.43 Å². The van der Waals surface area contributed by atoms with Crippen LogP contribution in [0.3, 0.4) is 0 Å². The third-order valence-corrected chi connectivity index (χ3v) is 4.01. The minimum Gasteiger partial charge on any atom is -0.376 e. The summed E-state index contributed by atoms with van der Waals surface area (Å²) < 4.78 is 0. The number of hydrazone groups is 1. The van der Waals surface area contributed by atoms with Gasteiger partial charge < -0.3 is 10.2 Å². The van der Waals surface area contributed by atoms with Gasteiger partial charge >= 0.3 is 0 Å². The van der Waals surface area contributed by atoms with Gasteiger partial charge in [0.15, 0.2) is 0 Å². The van der Waals surface area contributed by atoms with E-state index in [1.807, 2.05) is 43.3 Å². The summed E-state index contributed by atoms with van der Waals surface area (Å²) in [4.78, 5) is 14.1. The zero-order valence-electron chi connectivity index (χ0n) is 15.1. The van der Waals surface area contributed by atoms with Gasteiger partial charge in [-0.15, -0.1) is 0 Å². The number of para-hydroxylation sites is 1.